The Balaban J connectivity index is 1.63. The lowest BCUT2D eigenvalue weighted by Crippen LogP contribution is -2.40. The predicted molar refractivity (Wildman–Crippen MR) is 116 cm³/mol. The molecule has 0 saturated carbocycles. The SMILES string of the molecule is C[C@@H]1CCCCN1c1nc(-c2ccccc2)ncc1C(=O)NCc1ccc(F)cc1. The number of aromatic nitrogens is 2. The van der Waals surface area contributed by atoms with Crippen LogP contribution < -0.4 is 10.2 Å². The van der Waals surface area contributed by atoms with Crippen molar-refractivity contribution in [3.05, 3.63) is 77.7 Å². The van der Waals surface area contributed by atoms with Gasteiger partial charge in [0.1, 0.15) is 17.2 Å². The number of halogens is 1. The van der Waals surface area contributed by atoms with Crippen LogP contribution in [0.1, 0.15) is 42.1 Å². The Hall–Kier alpha value is -3.28. The molecule has 1 amide bonds. The van der Waals surface area contributed by atoms with E-state index in [1.807, 2.05) is 30.3 Å². The molecule has 154 valence electrons. The molecule has 0 radical (unpaired) electrons. The lowest BCUT2D eigenvalue weighted by atomic mass is 10.0. The molecular formula is C24H25FN4O. The Kier molecular flexibility index (Phi) is 6.02. The minimum atomic E-state index is -0.295. The molecule has 1 atom stereocenters. The Labute approximate surface area is 176 Å². The van der Waals surface area contributed by atoms with Crippen molar-refractivity contribution >= 4 is 11.7 Å². The van der Waals surface area contributed by atoms with Gasteiger partial charge in [-0.2, -0.15) is 0 Å². The zero-order valence-corrected chi connectivity index (χ0v) is 17.0. The molecule has 5 nitrogen and oxygen atoms in total. The number of amides is 1. The van der Waals surface area contributed by atoms with Crippen LogP contribution in [0.3, 0.4) is 0 Å². The molecule has 0 aliphatic carbocycles. The van der Waals surface area contributed by atoms with Gasteiger partial charge in [0.15, 0.2) is 5.82 Å². The van der Waals surface area contributed by atoms with E-state index in [2.05, 4.69) is 22.1 Å². The molecule has 1 N–H and O–H groups in total. The molecule has 1 aliphatic heterocycles. The summed E-state index contributed by atoms with van der Waals surface area (Å²) in [5, 5.41) is 2.92. The lowest BCUT2D eigenvalue weighted by Gasteiger charge is -2.35. The minimum absolute atomic E-state index is 0.230. The van der Waals surface area contributed by atoms with Crippen molar-refractivity contribution in [3.63, 3.8) is 0 Å². The maximum atomic E-state index is 13.1. The van der Waals surface area contributed by atoms with Crippen molar-refractivity contribution < 1.29 is 9.18 Å². The average molecular weight is 404 g/mol. The maximum absolute atomic E-state index is 13.1. The van der Waals surface area contributed by atoms with Crippen molar-refractivity contribution in [2.45, 2.75) is 38.8 Å². The third-order valence-corrected chi connectivity index (χ3v) is 5.49. The summed E-state index contributed by atoms with van der Waals surface area (Å²) in [5.74, 6) is 0.758. The molecule has 0 spiro atoms. The molecule has 0 unspecified atom stereocenters. The summed E-state index contributed by atoms with van der Waals surface area (Å²) in [4.78, 5) is 24.5. The van der Waals surface area contributed by atoms with E-state index in [0.717, 1.165) is 30.5 Å². The number of anilines is 1. The van der Waals surface area contributed by atoms with E-state index in [1.165, 1.54) is 18.6 Å². The molecule has 1 saturated heterocycles. The van der Waals surface area contributed by atoms with Gasteiger partial charge in [-0.25, -0.2) is 14.4 Å². The van der Waals surface area contributed by atoms with Gasteiger partial charge in [0.2, 0.25) is 0 Å². The van der Waals surface area contributed by atoms with Gasteiger partial charge < -0.3 is 10.2 Å². The van der Waals surface area contributed by atoms with E-state index in [9.17, 15) is 9.18 Å². The van der Waals surface area contributed by atoms with E-state index in [1.54, 1.807) is 18.3 Å². The van der Waals surface area contributed by atoms with Crippen LogP contribution in [-0.4, -0.2) is 28.5 Å². The number of hydrogen-bond donors (Lipinski definition) is 1. The van der Waals surface area contributed by atoms with E-state index in [0.29, 0.717) is 29.8 Å². The van der Waals surface area contributed by atoms with Crippen molar-refractivity contribution in [2.75, 3.05) is 11.4 Å². The molecule has 30 heavy (non-hydrogen) atoms. The van der Waals surface area contributed by atoms with Crippen LogP contribution in [0, 0.1) is 5.82 Å². The minimum Gasteiger partial charge on any atom is -0.353 e. The average Bonchev–Trinajstić information content (AvgIpc) is 2.79. The van der Waals surface area contributed by atoms with E-state index in [4.69, 9.17) is 4.98 Å². The van der Waals surface area contributed by atoms with Crippen LogP contribution in [0.4, 0.5) is 10.2 Å². The summed E-state index contributed by atoms with van der Waals surface area (Å²) >= 11 is 0. The van der Waals surface area contributed by atoms with Gasteiger partial charge >= 0.3 is 0 Å². The van der Waals surface area contributed by atoms with Crippen LogP contribution in [0.5, 0.6) is 0 Å². The van der Waals surface area contributed by atoms with E-state index >= 15 is 0 Å². The number of rotatable bonds is 5. The van der Waals surface area contributed by atoms with Crippen molar-refractivity contribution in [2.24, 2.45) is 0 Å². The standard InChI is InChI=1S/C24H25FN4O/c1-17-7-5-6-14-29(17)23-21(16-26-22(28-23)19-8-3-2-4-9-19)24(30)27-15-18-10-12-20(25)13-11-18/h2-4,8-13,16-17H,5-7,14-15H2,1H3,(H,27,30)/t17-/m1/s1. The smallest absolute Gasteiger partial charge is 0.256 e. The Morgan fingerprint density at radius 1 is 1.13 bits per heavy atom. The van der Waals surface area contributed by atoms with Crippen LogP contribution in [-0.2, 0) is 6.54 Å². The number of nitrogens with zero attached hydrogens (tertiary/aromatic N) is 3. The predicted octanol–water partition coefficient (Wildman–Crippen LogP) is 4.59. The second kappa shape index (κ2) is 9.03. The molecule has 3 aromatic rings. The summed E-state index contributed by atoms with van der Waals surface area (Å²) in [6.07, 6.45) is 4.94. The van der Waals surface area contributed by atoms with Gasteiger partial charge in [-0.3, -0.25) is 4.79 Å². The topological polar surface area (TPSA) is 58.1 Å². The van der Waals surface area contributed by atoms with Gasteiger partial charge in [-0.15, -0.1) is 0 Å². The molecule has 6 heteroatoms. The number of hydrogen-bond acceptors (Lipinski definition) is 4. The molecule has 0 bridgehead atoms. The molecular weight excluding hydrogens is 379 g/mol. The van der Waals surface area contributed by atoms with Gasteiger partial charge in [-0.1, -0.05) is 42.5 Å². The monoisotopic (exact) mass is 404 g/mol. The quantitative estimate of drug-likeness (QED) is 0.676. The van der Waals surface area contributed by atoms with Crippen LogP contribution in [0.25, 0.3) is 11.4 Å². The largest absolute Gasteiger partial charge is 0.353 e. The molecule has 4 rings (SSSR count). The number of carbonyl (C=O) groups excluding carboxylic acids is 1. The zero-order chi connectivity index (χ0) is 20.9. The second-order valence-electron chi connectivity index (χ2n) is 7.64. The van der Waals surface area contributed by atoms with Gasteiger partial charge in [0.05, 0.1) is 0 Å². The fourth-order valence-corrected chi connectivity index (χ4v) is 3.77. The van der Waals surface area contributed by atoms with Crippen molar-refractivity contribution in [1.29, 1.82) is 0 Å². The van der Waals surface area contributed by atoms with Gasteiger partial charge in [0.25, 0.3) is 5.91 Å². The molecule has 1 aromatic heterocycles. The zero-order valence-electron chi connectivity index (χ0n) is 17.0. The van der Waals surface area contributed by atoms with Crippen molar-refractivity contribution in [1.82, 2.24) is 15.3 Å². The fraction of sp³-hybridized carbons (Fsp3) is 0.292. The molecule has 1 fully saturated rings. The second-order valence-corrected chi connectivity index (χ2v) is 7.64. The third kappa shape index (κ3) is 4.48. The van der Waals surface area contributed by atoms with Crippen LogP contribution in [0.2, 0.25) is 0 Å². The first-order valence-electron chi connectivity index (χ1n) is 10.3. The number of nitrogens with one attached hydrogen (secondary N) is 1. The Morgan fingerprint density at radius 3 is 2.63 bits per heavy atom. The molecule has 1 aliphatic rings. The third-order valence-electron chi connectivity index (χ3n) is 5.49. The first kappa shape index (κ1) is 20.0. The van der Waals surface area contributed by atoms with Gasteiger partial charge in [-0.05, 0) is 43.9 Å². The van der Waals surface area contributed by atoms with Crippen molar-refractivity contribution in [3.8, 4) is 11.4 Å². The Bertz CT molecular complexity index is 1010. The summed E-state index contributed by atoms with van der Waals surface area (Å²) in [6, 6.07) is 16.2. The highest BCUT2D eigenvalue weighted by Gasteiger charge is 2.26. The lowest BCUT2D eigenvalue weighted by molar-refractivity contribution is 0.0950. The van der Waals surface area contributed by atoms with Crippen LogP contribution in [0.15, 0.2) is 60.8 Å². The summed E-state index contributed by atoms with van der Waals surface area (Å²) < 4.78 is 13.1. The van der Waals surface area contributed by atoms with Gasteiger partial charge in [0, 0.05) is 30.9 Å². The first-order chi connectivity index (χ1) is 14.6. The summed E-state index contributed by atoms with van der Waals surface area (Å²) in [5.41, 5.74) is 2.21. The highest BCUT2D eigenvalue weighted by Crippen LogP contribution is 2.28. The molecule has 2 aromatic carbocycles. The first-order valence-corrected chi connectivity index (χ1v) is 10.3. The number of carbonyl (C=O) groups is 1. The highest BCUT2D eigenvalue weighted by atomic mass is 19.1. The number of piperidine rings is 1. The summed E-state index contributed by atoms with van der Waals surface area (Å²) in [7, 11) is 0. The van der Waals surface area contributed by atoms with E-state index in [-0.39, 0.29) is 11.7 Å². The Morgan fingerprint density at radius 2 is 1.90 bits per heavy atom. The van der Waals surface area contributed by atoms with E-state index < -0.39 is 0 Å². The maximum Gasteiger partial charge on any atom is 0.256 e. The highest BCUT2D eigenvalue weighted by molar-refractivity contribution is 5.99. The fourth-order valence-electron chi connectivity index (χ4n) is 3.77. The summed E-state index contributed by atoms with van der Waals surface area (Å²) in [6.45, 7) is 3.35. The number of benzene rings is 2. The van der Waals surface area contributed by atoms with Crippen LogP contribution >= 0.6 is 0 Å². The normalized spacial score (nSPS) is 16.3. The molecule has 2 heterocycles.